The highest BCUT2D eigenvalue weighted by Gasteiger charge is 2.46. The average Bonchev–Trinajstić information content (AvgIpc) is 3.30. The Kier molecular flexibility index (Phi) is 8.51. The van der Waals surface area contributed by atoms with Crippen LogP contribution in [0.15, 0.2) is 212 Å². The van der Waals surface area contributed by atoms with E-state index in [4.69, 9.17) is 0 Å². The predicted molar refractivity (Wildman–Crippen MR) is 258 cm³/mol. The van der Waals surface area contributed by atoms with E-state index < -0.39 is 0 Å². The van der Waals surface area contributed by atoms with Crippen LogP contribution in [-0.4, -0.2) is 0 Å². The van der Waals surface area contributed by atoms with Gasteiger partial charge < -0.3 is 14.7 Å². The zero-order valence-electron chi connectivity index (χ0n) is 35.0. The van der Waals surface area contributed by atoms with Crippen molar-refractivity contribution in [3.05, 3.63) is 235 Å². The van der Waals surface area contributed by atoms with Crippen LogP contribution in [0.25, 0.3) is 21.9 Å². The van der Waals surface area contributed by atoms with Crippen molar-refractivity contribution in [3.8, 4) is 11.1 Å². The van der Waals surface area contributed by atoms with Gasteiger partial charge in [0, 0.05) is 45.0 Å². The maximum Gasteiger partial charge on any atom is 0.0545 e. The minimum absolute atomic E-state index is 0.248. The third-order valence-electron chi connectivity index (χ3n) is 13.1. The summed E-state index contributed by atoms with van der Waals surface area (Å²) in [7, 11) is 0. The van der Waals surface area contributed by atoms with Gasteiger partial charge in [-0.05, 0) is 135 Å². The first kappa shape index (κ1) is 36.7. The van der Waals surface area contributed by atoms with Crippen LogP contribution in [0, 0.1) is 0 Å². The van der Waals surface area contributed by atoms with Crippen LogP contribution >= 0.6 is 0 Å². The fourth-order valence-electron chi connectivity index (χ4n) is 9.96. The first-order valence-electron chi connectivity index (χ1n) is 21.4. The number of nitrogens with zero attached hydrogens (tertiary/aromatic N) is 3. The Balaban J connectivity index is 1.08. The average molecular weight is 786 g/mol. The van der Waals surface area contributed by atoms with Gasteiger partial charge in [-0.25, -0.2) is 0 Å². The second kappa shape index (κ2) is 14.1. The summed E-state index contributed by atoms with van der Waals surface area (Å²) in [6, 6.07) is 77.7. The van der Waals surface area contributed by atoms with Gasteiger partial charge in [0.1, 0.15) is 0 Å². The van der Waals surface area contributed by atoms with E-state index in [1.165, 1.54) is 61.2 Å². The molecule has 0 saturated heterocycles. The summed E-state index contributed by atoms with van der Waals surface area (Å²) in [5.41, 5.74) is 17.7. The Morgan fingerprint density at radius 1 is 0.311 bits per heavy atom. The Hall–Kier alpha value is -7.36. The quantitative estimate of drug-likeness (QED) is 0.159. The molecule has 61 heavy (non-hydrogen) atoms. The maximum absolute atomic E-state index is 2.56. The normalized spacial score (nSPS) is 14.1. The molecule has 0 bridgehead atoms. The lowest BCUT2D eigenvalue weighted by Crippen LogP contribution is -2.38. The van der Waals surface area contributed by atoms with Crippen LogP contribution in [0.2, 0.25) is 0 Å². The highest BCUT2D eigenvalue weighted by molar-refractivity contribution is 5.96. The summed E-state index contributed by atoms with van der Waals surface area (Å²) in [4.78, 5) is 7.32. The molecule has 0 amide bonds. The Morgan fingerprint density at radius 3 is 1.39 bits per heavy atom. The van der Waals surface area contributed by atoms with E-state index in [0.29, 0.717) is 0 Å². The molecule has 2 aliphatic heterocycles. The Bertz CT molecular complexity index is 3040. The Labute approximate surface area is 359 Å². The van der Waals surface area contributed by atoms with Crippen LogP contribution in [0.1, 0.15) is 49.9 Å². The maximum atomic E-state index is 2.56. The van der Waals surface area contributed by atoms with Crippen LogP contribution in [0.4, 0.5) is 51.2 Å². The molecule has 0 aromatic heterocycles. The zero-order valence-corrected chi connectivity index (χ0v) is 35.0. The molecule has 9 aromatic carbocycles. The minimum Gasteiger partial charge on any atom is -0.311 e. The molecule has 294 valence electrons. The molecule has 0 spiro atoms. The molecular weight excluding hydrogens is 739 g/mol. The van der Waals surface area contributed by atoms with Crippen molar-refractivity contribution < 1.29 is 0 Å². The first-order chi connectivity index (χ1) is 29.8. The molecule has 0 fully saturated rings. The van der Waals surface area contributed by atoms with Gasteiger partial charge in [-0.3, -0.25) is 0 Å². The van der Waals surface area contributed by atoms with Crippen molar-refractivity contribution in [1.29, 1.82) is 0 Å². The number of anilines is 9. The summed E-state index contributed by atoms with van der Waals surface area (Å²) in [6.07, 6.45) is 0. The van der Waals surface area contributed by atoms with Crippen molar-refractivity contribution in [3.63, 3.8) is 0 Å². The molecule has 2 aliphatic rings. The molecule has 11 rings (SSSR count). The van der Waals surface area contributed by atoms with Gasteiger partial charge in [-0.15, -0.1) is 0 Å². The van der Waals surface area contributed by atoms with E-state index in [1.54, 1.807) is 0 Å². The highest BCUT2D eigenvalue weighted by Crippen LogP contribution is 2.61. The molecule has 3 nitrogen and oxygen atoms in total. The third kappa shape index (κ3) is 5.95. The summed E-state index contributed by atoms with van der Waals surface area (Å²) in [5.74, 6) is 0. The molecule has 3 heteroatoms. The molecule has 2 heterocycles. The lowest BCUT2D eigenvalue weighted by Gasteiger charge is -2.50. The van der Waals surface area contributed by atoms with E-state index in [-0.39, 0.29) is 10.8 Å². The zero-order chi connectivity index (χ0) is 41.3. The van der Waals surface area contributed by atoms with Crippen LogP contribution in [-0.2, 0) is 10.8 Å². The van der Waals surface area contributed by atoms with Crippen molar-refractivity contribution >= 4 is 62.0 Å². The minimum atomic E-state index is -0.326. The van der Waals surface area contributed by atoms with Crippen molar-refractivity contribution in [2.45, 2.75) is 38.5 Å². The van der Waals surface area contributed by atoms with Crippen molar-refractivity contribution in [1.82, 2.24) is 0 Å². The standard InChI is InChI=1S/C58H47N3/c1-57(2)50-26-16-17-27-54(50)61-55-35-31-43(41-28-32-47(33-29-41)59(44-20-8-5-9-21-44)45-22-10-6-11-23-45)37-51(55)58(3,4)53-39-49(38-52(57)56(53)61)60(46-24-12-7-13-25-46)48-34-30-40-18-14-15-19-42(40)36-48/h5-39H,1-4H3. The fraction of sp³-hybridized carbons (Fsp3) is 0.103. The topological polar surface area (TPSA) is 9.72 Å². The lowest BCUT2D eigenvalue weighted by atomic mass is 9.66. The smallest absolute Gasteiger partial charge is 0.0545 e. The lowest BCUT2D eigenvalue weighted by molar-refractivity contribution is 0.597. The summed E-state index contributed by atoms with van der Waals surface area (Å²) >= 11 is 0. The van der Waals surface area contributed by atoms with E-state index in [1.807, 2.05) is 0 Å². The molecule has 0 unspecified atom stereocenters. The van der Waals surface area contributed by atoms with Gasteiger partial charge >= 0.3 is 0 Å². The second-order valence-corrected chi connectivity index (χ2v) is 17.5. The molecule has 9 aromatic rings. The van der Waals surface area contributed by atoms with Gasteiger partial charge in [-0.1, -0.05) is 149 Å². The van der Waals surface area contributed by atoms with Gasteiger partial charge in [0.25, 0.3) is 0 Å². The molecular formula is C58H47N3. The predicted octanol–water partition coefficient (Wildman–Crippen LogP) is 16.2. The van der Waals surface area contributed by atoms with Gasteiger partial charge in [0.15, 0.2) is 0 Å². The number of benzene rings is 9. The second-order valence-electron chi connectivity index (χ2n) is 17.5. The monoisotopic (exact) mass is 785 g/mol. The molecule has 0 radical (unpaired) electrons. The van der Waals surface area contributed by atoms with Crippen molar-refractivity contribution in [2.24, 2.45) is 0 Å². The number of hydrogen-bond acceptors (Lipinski definition) is 3. The van der Waals surface area contributed by atoms with Crippen LogP contribution in [0.5, 0.6) is 0 Å². The number of fused-ring (bicyclic) bond motifs is 5. The summed E-state index contributed by atoms with van der Waals surface area (Å²) in [5, 5.41) is 2.46. The SMILES string of the molecule is CC1(C)c2ccccc2N2c3ccc(-c4ccc(N(c5ccccc5)c5ccccc5)cc4)cc3C(C)(C)c3cc(N(c4ccccc4)c4ccc5ccccc5c4)cc1c32. The van der Waals surface area contributed by atoms with E-state index in [2.05, 4.69) is 255 Å². The van der Waals surface area contributed by atoms with Crippen LogP contribution < -0.4 is 14.7 Å². The van der Waals surface area contributed by atoms with Crippen molar-refractivity contribution in [2.75, 3.05) is 14.7 Å². The van der Waals surface area contributed by atoms with Gasteiger partial charge in [-0.2, -0.15) is 0 Å². The molecule has 0 aliphatic carbocycles. The molecule has 0 N–H and O–H groups in total. The van der Waals surface area contributed by atoms with E-state index >= 15 is 0 Å². The summed E-state index contributed by atoms with van der Waals surface area (Å²) in [6.45, 7) is 9.64. The summed E-state index contributed by atoms with van der Waals surface area (Å²) < 4.78 is 0. The largest absolute Gasteiger partial charge is 0.311 e. The third-order valence-corrected chi connectivity index (χ3v) is 13.1. The number of para-hydroxylation sites is 4. The van der Waals surface area contributed by atoms with Gasteiger partial charge in [0.05, 0.1) is 17.1 Å². The number of rotatable bonds is 7. The van der Waals surface area contributed by atoms with Gasteiger partial charge in [0.2, 0.25) is 0 Å². The molecule has 0 saturated carbocycles. The van der Waals surface area contributed by atoms with Crippen LogP contribution in [0.3, 0.4) is 0 Å². The Morgan fingerprint density at radius 2 is 0.770 bits per heavy atom. The molecule has 0 atom stereocenters. The number of hydrogen-bond donors (Lipinski definition) is 0. The first-order valence-corrected chi connectivity index (χ1v) is 21.4. The van der Waals surface area contributed by atoms with E-state index in [9.17, 15) is 0 Å². The van der Waals surface area contributed by atoms with E-state index in [0.717, 1.165) is 34.1 Å². The highest BCUT2D eigenvalue weighted by atomic mass is 15.2. The fourth-order valence-corrected chi connectivity index (χ4v) is 9.96.